The lowest BCUT2D eigenvalue weighted by Crippen LogP contribution is -2.36. The molecule has 0 amide bonds. The number of esters is 1. The molecular weight excluding hydrogens is 234 g/mol. The second-order valence-corrected chi connectivity index (χ2v) is 6.62. The van der Waals surface area contributed by atoms with Gasteiger partial charge in [0.25, 0.3) is 0 Å². The molecule has 0 aliphatic carbocycles. The minimum Gasteiger partial charge on any atom is -0.597 e. The van der Waals surface area contributed by atoms with Crippen LogP contribution in [0.15, 0.2) is 0 Å². The molecule has 6 nitrogen and oxygen atoms in total. The van der Waals surface area contributed by atoms with Crippen molar-refractivity contribution in [1.29, 1.82) is 0 Å². The monoisotopic (exact) mass is 249 g/mol. The largest absolute Gasteiger partial charge is 0.597 e. The summed E-state index contributed by atoms with van der Waals surface area (Å²) < 4.78 is 17.0. The van der Waals surface area contributed by atoms with Crippen molar-refractivity contribution in [3.05, 3.63) is 0 Å². The molecule has 7 heteroatoms. The number of aliphatic carboxylic acids is 1. The molecule has 1 aliphatic rings. The maximum atomic E-state index is 11.9. The Morgan fingerprint density at radius 1 is 1.38 bits per heavy atom. The number of hydrogen-bond donors (Lipinski definition) is 1. The maximum absolute atomic E-state index is 11.9. The molecular formula is C9H15NO5S. The van der Waals surface area contributed by atoms with Gasteiger partial charge in [-0.2, -0.15) is 0 Å². The first-order valence-corrected chi connectivity index (χ1v) is 5.83. The lowest BCUT2D eigenvalue weighted by molar-refractivity contribution is -0.143. The molecule has 0 aromatic heterocycles. The van der Waals surface area contributed by atoms with Crippen LogP contribution in [-0.4, -0.2) is 49.8 Å². The summed E-state index contributed by atoms with van der Waals surface area (Å²) in [5.74, 6) is -1.82. The van der Waals surface area contributed by atoms with Gasteiger partial charge in [0.2, 0.25) is 0 Å². The molecule has 4 unspecified atom stereocenters. The molecule has 16 heavy (non-hydrogen) atoms. The molecule has 1 heterocycles. The molecule has 0 aromatic rings. The number of hydrogen-bond acceptors (Lipinski definition) is 5. The van der Waals surface area contributed by atoms with E-state index in [0.29, 0.717) is 0 Å². The molecule has 0 spiro atoms. The summed E-state index contributed by atoms with van der Waals surface area (Å²) in [4.78, 5) is 22.1. The number of carbonyl (C=O) groups excluding carboxylic acids is 1. The minimum absolute atomic E-state index is 0.601. The van der Waals surface area contributed by atoms with Crippen LogP contribution in [0.4, 0.5) is 0 Å². The van der Waals surface area contributed by atoms with Gasteiger partial charge >= 0.3 is 11.9 Å². The molecule has 1 rings (SSSR count). The number of carboxylic acid groups (broad SMARTS) is 1. The Labute approximate surface area is 96.9 Å². The number of methoxy groups -OCH3 is 1. The van der Waals surface area contributed by atoms with Gasteiger partial charge in [0.05, 0.1) is 7.11 Å². The van der Waals surface area contributed by atoms with E-state index in [-0.39, 0.29) is 0 Å². The average Bonchev–Trinajstić information content (AvgIpc) is 2.88. The van der Waals surface area contributed by atoms with Crippen LogP contribution in [0, 0.1) is 0 Å². The van der Waals surface area contributed by atoms with E-state index in [4.69, 9.17) is 5.11 Å². The first kappa shape index (κ1) is 13.3. The molecule has 0 saturated carbocycles. The smallest absolute Gasteiger partial charge is 0.330 e. The summed E-state index contributed by atoms with van der Waals surface area (Å²) in [6.07, 6.45) is 0. The van der Waals surface area contributed by atoms with Crippen molar-refractivity contribution in [1.82, 2.24) is 4.31 Å². The van der Waals surface area contributed by atoms with Gasteiger partial charge in [-0.1, -0.05) is 4.31 Å². The highest BCUT2D eigenvalue weighted by atomic mass is 32.2. The summed E-state index contributed by atoms with van der Waals surface area (Å²) in [7, 11) is 1.18. The molecule has 1 saturated heterocycles. The summed E-state index contributed by atoms with van der Waals surface area (Å²) in [5.41, 5.74) is 0. The van der Waals surface area contributed by atoms with Crippen LogP contribution in [0.1, 0.15) is 20.8 Å². The number of carbonyl (C=O) groups is 2. The van der Waals surface area contributed by atoms with Crippen molar-refractivity contribution in [2.45, 2.75) is 37.6 Å². The van der Waals surface area contributed by atoms with Crippen molar-refractivity contribution in [2.24, 2.45) is 0 Å². The first-order chi connectivity index (χ1) is 7.21. The standard InChI is InChI=1S/C9H15NO5S/c1-9(2,3)16(14)10-5(7(11)12)6(10)8(13)15-4/h5-6H,1-4H3,(H,11,12). The molecule has 1 fully saturated rings. The van der Waals surface area contributed by atoms with Gasteiger partial charge in [-0.05, 0) is 20.8 Å². The third kappa shape index (κ3) is 2.31. The predicted molar refractivity (Wildman–Crippen MR) is 57.0 cm³/mol. The zero-order chi connectivity index (χ0) is 12.7. The normalized spacial score (nSPS) is 30.7. The molecule has 1 aliphatic heterocycles. The minimum atomic E-state index is -1.53. The van der Waals surface area contributed by atoms with E-state index in [1.807, 2.05) is 0 Å². The van der Waals surface area contributed by atoms with Crippen molar-refractivity contribution in [3.8, 4) is 0 Å². The summed E-state index contributed by atoms with van der Waals surface area (Å²) in [6.45, 7) is 5.15. The Kier molecular flexibility index (Phi) is 3.51. The Bertz CT molecular complexity index is 314. The lowest BCUT2D eigenvalue weighted by Gasteiger charge is -2.24. The van der Waals surface area contributed by atoms with Crippen molar-refractivity contribution in [3.63, 3.8) is 0 Å². The van der Waals surface area contributed by atoms with Crippen molar-refractivity contribution < 1.29 is 24.0 Å². The second-order valence-electron chi connectivity index (χ2n) is 4.47. The molecule has 0 bridgehead atoms. The van der Waals surface area contributed by atoms with E-state index in [2.05, 4.69) is 4.74 Å². The molecule has 1 N–H and O–H groups in total. The fraction of sp³-hybridized carbons (Fsp3) is 0.778. The van der Waals surface area contributed by atoms with E-state index in [9.17, 15) is 14.1 Å². The first-order valence-electron chi connectivity index (χ1n) is 4.72. The highest BCUT2D eigenvalue weighted by molar-refractivity contribution is 7.90. The summed E-state index contributed by atoms with van der Waals surface area (Å²) >= 11 is -1.53. The van der Waals surface area contributed by atoms with E-state index in [1.165, 1.54) is 7.11 Å². The van der Waals surface area contributed by atoms with Crippen LogP contribution in [-0.2, 0) is 25.7 Å². The van der Waals surface area contributed by atoms with Gasteiger partial charge in [0.15, 0.2) is 12.1 Å². The van der Waals surface area contributed by atoms with E-state index < -0.39 is 40.1 Å². The molecule has 0 aromatic carbocycles. The van der Waals surface area contributed by atoms with Crippen molar-refractivity contribution >= 4 is 23.3 Å². The fourth-order valence-electron chi connectivity index (χ4n) is 1.33. The zero-order valence-corrected chi connectivity index (χ0v) is 10.4. The lowest BCUT2D eigenvalue weighted by atomic mass is 10.3. The summed E-state index contributed by atoms with van der Waals surface area (Å²) in [5, 5.41) is 8.87. The Balaban J connectivity index is 2.82. The Morgan fingerprint density at radius 3 is 2.19 bits per heavy atom. The van der Waals surface area contributed by atoms with E-state index in [1.54, 1.807) is 20.8 Å². The van der Waals surface area contributed by atoms with Gasteiger partial charge in [0, 0.05) is 11.4 Å². The van der Waals surface area contributed by atoms with Crippen LogP contribution >= 0.6 is 0 Å². The van der Waals surface area contributed by atoms with E-state index >= 15 is 0 Å². The quantitative estimate of drug-likeness (QED) is 0.422. The van der Waals surface area contributed by atoms with Gasteiger partial charge in [-0.25, -0.2) is 0 Å². The van der Waals surface area contributed by atoms with Crippen LogP contribution in [0.5, 0.6) is 0 Å². The van der Waals surface area contributed by atoms with Gasteiger partial charge < -0.3 is 14.4 Å². The average molecular weight is 249 g/mol. The Morgan fingerprint density at radius 2 is 1.88 bits per heavy atom. The molecule has 92 valence electrons. The number of carboxylic acids is 1. The zero-order valence-electron chi connectivity index (χ0n) is 9.59. The number of nitrogens with zero attached hydrogens (tertiary/aromatic N) is 1. The van der Waals surface area contributed by atoms with Crippen LogP contribution in [0.25, 0.3) is 0 Å². The molecule has 0 radical (unpaired) electrons. The highest BCUT2D eigenvalue weighted by Gasteiger charge is 2.67. The summed E-state index contributed by atoms with van der Waals surface area (Å²) in [6, 6.07) is -1.96. The van der Waals surface area contributed by atoms with E-state index in [0.717, 1.165) is 4.31 Å². The van der Waals surface area contributed by atoms with Crippen LogP contribution < -0.4 is 0 Å². The molecule has 4 atom stereocenters. The maximum Gasteiger partial charge on any atom is 0.330 e. The van der Waals surface area contributed by atoms with Crippen molar-refractivity contribution in [2.75, 3.05) is 7.11 Å². The van der Waals surface area contributed by atoms with Gasteiger partial charge in [0.1, 0.15) is 4.75 Å². The third-order valence-electron chi connectivity index (χ3n) is 2.17. The third-order valence-corrected chi connectivity index (χ3v) is 4.05. The fourth-order valence-corrected chi connectivity index (χ4v) is 2.73. The number of rotatable bonds is 3. The highest BCUT2D eigenvalue weighted by Crippen LogP contribution is 2.38. The second kappa shape index (κ2) is 4.23. The topological polar surface area (TPSA) is 89.7 Å². The predicted octanol–water partition coefficient (Wildman–Crippen LogP) is -0.241. The SMILES string of the molecule is COC(=O)C1C(C(=O)O)N1[S+]([O-])C(C)(C)C. The van der Waals surface area contributed by atoms with Crippen LogP contribution in [0.3, 0.4) is 0 Å². The van der Waals surface area contributed by atoms with Gasteiger partial charge in [-0.3, -0.25) is 9.59 Å². The number of ether oxygens (including phenoxy) is 1. The van der Waals surface area contributed by atoms with Crippen LogP contribution in [0.2, 0.25) is 0 Å². The van der Waals surface area contributed by atoms with Gasteiger partial charge in [-0.15, -0.1) is 0 Å². The Hall–Kier alpha value is -0.790.